The SMILES string of the molecule is CCOC(=O)N1CCCC(N2CCC(C(=N)C#N)CC2)CC1. The van der Waals surface area contributed by atoms with Crippen LogP contribution in [0.2, 0.25) is 0 Å². The molecule has 0 spiro atoms. The quantitative estimate of drug-likeness (QED) is 0.811. The van der Waals surface area contributed by atoms with Crippen molar-refractivity contribution in [2.45, 2.75) is 45.1 Å². The maximum absolute atomic E-state index is 11.8. The summed E-state index contributed by atoms with van der Waals surface area (Å²) in [7, 11) is 0. The minimum absolute atomic E-state index is 0.142. The Morgan fingerprint density at radius 1 is 1.23 bits per heavy atom. The second-order valence-electron chi connectivity index (χ2n) is 6.11. The molecule has 0 aromatic carbocycles. The largest absolute Gasteiger partial charge is 0.450 e. The Bertz CT molecular complexity index is 438. The second-order valence-corrected chi connectivity index (χ2v) is 6.11. The summed E-state index contributed by atoms with van der Waals surface area (Å²) in [5, 5.41) is 16.5. The molecule has 6 heteroatoms. The topological polar surface area (TPSA) is 80.4 Å². The van der Waals surface area contributed by atoms with E-state index < -0.39 is 0 Å². The molecular weight excluding hydrogens is 280 g/mol. The van der Waals surface area contributed by atoms with Crippen molar-refractivity contribution >= 4 is 11.8 Å². The molecule has 122 valence electrons. The van der Waals surface area contributed by atoms with E-state index >= 15 is 0 Å². The average Bonchev–Trinajstić information content (AvgIpc) is 2.80. The molecule has 1 amide bonds. The fourth-order valence-electron chi connectivity index (χ4n) is 3.49. The number of hydrogen-bond donors (Lipinski definition) is 1. The van der Waals surface area contributed by atoms with E-state index in [1.165, 1.54) is 0 Å². The van der Waals surface area contributed by atoms with Crippen LogP contribution in [0.3, 0.4) is 0 Å². The molecule has 1 atom stereocenters. The van der Waals surface area contributed by atoms with Crippen LogP contribution in [0.1, 0.15) is 39.0 Å². The van der Waals surface area contributed by atoms with E-state index in [1.54, 1.807) is 0 Å². The number of nitrogens with zero attached hydrogens (tertiary/aromatic N) is 3. The molecule has 2 rings (SSSR count). The molecule has 2 aliphatic heterocycles. The Labute approximate surface area is 132 Å². The number of carbonyl (C=O) groups is 1. The minimum Gasteiger partial charge on any atom is -0.450 e. The lowest BCUT2D eigenvalue weighted by Gasteiger charge is -2.36. The van der Waals surface area contributed by atoms with E-state index in [2.05, 4.69) is 4.90 Å². The fourth-order valence-corrected chi connectivity index (χ4v) is 3.49. The third kappa shape index (κ3) is 4.20. The maximum Gasteiger partial charge on any atom is 0.409 e. The molecule has 6 nitrogen and oxygen atoms in total. The van der Waals surface area contributed by atoms with Crippen LogP contribution in [0.15, 0.2) is 0 Å². The molecule has 2 heterocycles. The van der Waals surface area contributed by atoms with E-state index in [0.29, 0.717) is 12.6 Å². The maximum atomic E-state index is 11.8. The molecule has 1 unspecified atom stereocenters. The van der Waals surface area contributed by atoms with Gasteiger partial charge in [0.05, 0.1) is 6.61 Å². The van der Waals surface area contributed by atoms with Gasteiger partial charge in [0, 0.05) is 25.0 Å². The molecule has 0 aliphatic carbocycles. The van der Waals surface area contributed by atoms with Crippen molar-refractivity contribution < 1.29 is 9.53 Å². The van der Waals surface area contributed by atoms with Gasteiger partial charge in [-0.05, 0) is 52.1 Å². The van der Waals surface area contributed by atoms with Gasteiger partial charge in [0.25, 0.3) is 0 Å². The summed E-state index contributed by atoms with van der Waals surface area (Å²) >= 11 is 0. The summed E-state index contributed by atoms with van der Waals surface area (Å²) in [6.07, 6.45) is 4.73. The molecule has 2 fully saturated rings. The highest BCUT2D eigenvalue weighted by Crippen LogP contribution is 2.24. The molecule has 22 heavy (non-hydrogen) atoms. The van der Waals surface area contributed by atoms with Gasteiger partial charge in [-0.25, -0.2) is 4.79 Å². The lowest BCUT2D eigenvalue weighted by atomic mass is 9.91. The standard InChI is InChI=1S/C16H26N4O2/c1-2-22-16(21)20-8-3-4-14(7-11-20)19-9-5-13(6-10-19)15(18)12-17/h13-14,18H,2-11H2,1H3. The van der Waals surface area contributed by atoms with E-state index in [-0.39, 0.29) is 17.7 Å². The van der Waals surface area contributed by atoms with Gasteiger partial charge in [-0.15, -0.1) is 0 Å². The molecule has 2 aliphatic rings. The van der Waals surface area contributed by atoms with Crippen LogP contribution in [0.5, 0.6) is 0 Å². The van der Waals surface area contributed by atoms with Crippen LogP contribution in [-0.4, -0.2) is 60.4 Å². The fraction of sp³-hybridized carbons (Fsp3) is 0.812. The highest BCUT2D eigenvalue weighted by Gasteiger charge is 2.29. The van der Waals surface area contributed by atoms with Crippen molar-refractivity contribution in [1.82, 2.24) is 9.80 Å². The van der Waals surface area contributed by atoms with Crippen LogP contribution in [0.25, 0.3) is 0 Å². The van der Waals surface area contributed by atoms with Crippen molar-refractivity contribution in [1.29, 1.82) is 10.7 Å². The summed E-state index contributed by atoms with van der Waals surface area (Å²) in [5.74, 6) is 0.142. The average molecular weight is 306 g/mol. The van der Waals surface area contributed by atoms with Crippen molar-refractivity contribution in [2.24, 2.45) is 5.92 Å². The van der Waals surface area contributed by atoms with E-state index in [0.717, 1.165) is 58.3 Å². The normalized spacial score (nSPS) is 24.4. The first-order chi connectivity index (χ1) is 10.7. The zero-order valence-corrected chi connectivity index (χ0v) is 13.4. The van der Waals surface area contributed by atoms with Crippen LogP contribution < -0.4 is 0 Å². The van der Waals surface area contributed by atoms with Crippen molar-refractivity contribution in [2.75, 3.05) is 32.8 Å². The van der Waals surface area contributed by atoms with Gasteiger partial charge in [-0.3, -0.25) is 5.41 Å². The Kier molecular flexibility index (Phi) is 6.20. The van der Waals surface area contributed by atoms with Gasteiger partial charge >= 0.3 is 6.09 Å². The minimum atomic E-state index is -0.190. The van der Waals surface area contributed by atoms with Gasteiger partial charge in [-0.2, -0.15) is 5.26 Å². The first-order valence-electron chi connectivity index (χ1n) is 8.30. The Morgan fingerprint density at radius 2 is 1.95 bits per heavy atom. The summed E-state index contributed by atoms with van der Waals surface area (Å²) in [6, 6.07) is 2.49. The van der Waals surface area contributed by atoms with Crippen LogP contribution in [0.4, 0.5) is 4.79 Å². The first kappa shape index (κ1) is 16.8. The van der Waals surface area contributed by atoms with Gasteiger partial charge in [0.1, 0.15) is 11.8 Å². The third-order valence-electron chi connectivity index (χ3n) is 4.80. The van der Waals surface area contributed by atoms with Crippen molar-refractivity contribution in [3.05, 3.63) is 0 Å². The zero-order valence-electron chi connectivity index (χ0n) is 13.4. The van der Waals surface area contributed by atoms with Crippen LogP contribution in [-0.2, 0) is 4.74 Å². The van der Waals surface area contributed by atoms with Crippen molar-refractivity contribution in [3.8, 4) is 6.07 Å². The first-order valence-corrected chi connectivity index (χ1v) is 8.30. The third-order valence-corrected chi connectivity index (χ3v) is 4.80. The molecule has 0 aromatic heterocycles. The monoisotopic (exact) mass is 306 g/mol. The number of ether oxygens (including phenoxy) is 1. The Morgan fingerprint density at radius 3 is 2.59 bits per heavy atom. The molecular formula is C16H26N4O2. The molecule has 2 saturated heterocycles. The van der Waals surface area contributed by atoms with E-state index in [9.17, 15) is 4.79 Å². The Balaban J connectivity index is 1.81. The number of piperidine rings is 1. The van der Waals surface area contributed by atoms with E-state index in [4.69, 9.17) is 15.4 Å². The van der Waals surface area contributed by atoms with Crippen LogP contribution in [0, 0.1) is 22.7 Å². The lowest BCUT2D eigenvalue weighted by Crippen LogP contribution is -2.43. The molecule has 0 saturated carbocycles. The van der Waals surface area contributed by atoms with Gasteiger partial charge < -0.3 is 14.5 Å². The number of nitrogens with one attached hydrogen (secondary N) is 1. The Hall–Kier alpha value is -1.61. The van der Waals surface area contributed by atoms with Gasteiger partial charge in [0.15, 0.2) is 0 Å². The predicted octanol–water partition coefficient (Wildman–Crippen LogP) is 2.25. The number of likely N-dealkylation sites (tertiary alicyclic amines) is 2. The summed E-state index contributed by atoms with van der Waals surface area (Å²) in [4.78, 5) is 16.1. The molecule has 1 N–H and O–H groups in total. The molecule has 0 aromatic rings. The predicted molar refractivity (Wildman–Crippen MR) is 83.9 cm³/mol. The molecule has 0 bridgehead atoms. The summed E-state index contributed by atoms with van der Waals surface area (Å²) in [5.41, 5.74) is 0.231. The van der Waals surface area contributed by atoms with Gasteiger partial charge in [-0.1, -0.05) is 0 Å². The number of carbonyl (C=O) groups excluding carboxylic acids is 1. The smallest absolute Gasteiger partial charge is 0.409 e. The number of nitriles is 1. The summed E-state index contributed by atoms with van der Waals surface area (Å²) in [6.45, 7) is 5.72. The van der Waals surface area contributed by atoms with Gasteiger partial charge in [0.2, 0.25) is 0 Å². The van der Waals surface area contributed by atoms with Crippen molar-refractivity contribution in [3.63, 3.8) is 0 Å². The second kappa shape index (κ2) is 8.14. The number of rotatable bonds is 3. The number of amides is 1. The van der Waals surface area contributed by atoms with Crippen LogP contribution >= 0.6 is 0 Å². The lowest BCUT2D eigenvalue weighted by molar-refractivity contribution is 0.105. The number of hydrogen-bond acceptors (Lipinski definition) is 5. The summed E-state index contributed by atoms with van der Waals surface area (Å²) < 4.78 is 5.09. The highest BCUT2D eigenvalue weighted by molar-refractivity contribution is 5.97. The molecule has 0 radical (unpaired) electrons. The van der Waals surface area contributed by atoms with E-state index in [1.807, 2.05) is 17.9 Å². The zero-order chi connectivity index (χ0) is 15.9. The highest BCUT2D eigenvalue weighted by atomic mass is 16.6.